The Labute approximate surface area is 234 Å². The second-order valence-corrected chi connectivity index (χ2v) is 11.9. The summed E-state index contributed by atoms with van der Waals surface area (Å²) in [6.45, 7) is 0.738. The van der Waals surface area contributed by atoms with Crippen LogP contribution < -0.4 is 19.5 Å². The molecule has 3 aromatic carbocycles. The number of amides is 1. The van der Waals surface area contributed by atoms with E-state index in [1.165, 1.54) is 19.2 Å². The van der Waals surface area contributed by atoms with E-state index in [0.717, 1.165) is 16.7 Å². The highest BCUT2D eigenvalue weighted by Gasteiger charge is 2.34. The molecule has 2 aliphatic rings. The molecule has 0 fully saturated rings. The van der Waals surface area contributed by atoms with E-state index in [0.29, 0.717) is 37.6 Å². The summed E-state index contributed by atoms with van der Waals surface area (Å²) in [5, 5.41) is 13.7. The summed E-state index contributed by atoms with van der Waals surface area (Å²) in [6, 6.07) is 21.3. The van der Waals surface area contributed by atoms with Crippen LogP contribution in [0.4, 0.5) is 0 Å². The van der Waals surface area contributed by atoms with Gasteiger partial charge in [-0.3, -0.25) is 4.79 Å². The minimum atomic E-state index is -3.87. The van der Waals surface area contributed by atoms with E-state index < -0.39 is 34.2 Å². The lowest BCUT2D eigenvalue weighted by Crippen LogP contribution is -2.41. The largest absolute Gasteiger partial charge is 0.486 e. The molecule has 0 saturated heterocycles. The zero-order chi connectivity index (χ0) is 28.1. The number of hydrogen-bond donors (Lipinski definition) is 3. The first-order chi connectivity index (χ1) is 19.3. The van der Waals surface area contributed by atoms with E-state index >= 15 is 0 Å². The molecule has 0 bridgehead atoms. The molecule has 40 heavy (non-hydrogen) atoms. The minimum Gasteiger partial charge on any atom is -0.486 e. The van der Waals surface area contributed by atoms with Gasteiger partial charge in [0.15, 0.2) is 11.5 Å². The van der Waals surface area contributed by atoms with Crippen LogP contribution in [0.2, 0.25) is 0 Å². The first-order valence-electron chi connectivity index (χ1n) is 13.4. The lowest BCUT2D eigenvalue weighted by atomic mass is 9.92. The van der Waals surface area contributed by atoms with E-state index in [1.807, 2.05) is 54.6 Å². The molecule has 10 heteroatoms. The SMILES string of the molecule is COC(CNS(=O)(=O)c1ccc2c(c1)OCCO2)C[C@@H](Cc1ccccc1)C(=O)N[C@H]1c2ccccc2C[C@@H]1O. The zero-order valence-electron chi connectivity index (χ0n) is 22.3. The van der Waals surface area contributed by atoms with Crippen molar-refractivity contribution in [1.29, 1.82) is 0 Å². The number of carbonyl (C=O) groups is 1. The summed E-state index contributed by atoms with van der Waals surface area (Å²) in [7, 11) is -2.37. The van der Waals surface area contributed by atoms with Gasteiger partial charge >= 0.3 is 0 Å². The van der Waals surface area contributed by atoms with Crippen LogP contribution in [0, 0.1) is 5.92 Å². The molecular formula is C30H34N2O7S. The van der Waals surface area contributed by atoms with Crippen molar-refractivity contribution in [3.05, 3.63) is 89.5 Å². The van der Waals surface area contributed by atoms with Crippen molar-refractivity contribution in [2.45, 2.75) is 42.4 Å². The molecule has 1 amide bonds. The summed E-state index contributed by atoms with van der Waals surface area (Å²) >= 11 is 0. The lowest BCUT2D eigenvalue weighted by Gasteiger charge is -2.26. The monoisotopic (exact) mass is 566 g/mol. The number of benzene rings is 3. The quantitative estimate of drug-likeness (QED) is 0.326. The van der Waals surface area contributed by atoms with Crippen molar-refractivity contribution in [2.24, 2.45) is 5.92 Å². The minimum absolute atomic E-state index is 0.0271. The predicted molar refractivity (Wildman–Crippen MR) is 149 cm³/mol. The zero-order valence-corrected chi connectivity index (χ0v) is 23.1. The van der Waals surface area contributed by atoms with Crippen LogP contribution >= 0.6 is 0 Å². The summed E-state index contributed by atoms with van der Waals surface area (Å²) < 4.78 is 45.4. The number of methoxy groups -OCH3 is 1. The molecule has 1 aliphatic heterocycles. The van der Waals surface area contributed by atoms with Gasteiger partial charge in [-0.2, -0.15) is 0 Å². The molecule has 4 atom stereocenters. The van der Waals surface area contributed by atoms with Crippen LogP contribution in [0.1, 0.15) is 29.2 Å². The van der Waals surface area contributed by atoms with E-state index in [1.54, 1.807) is 6.07 Å². The number of rotatable bonds is 11. The molecule has 3 aromatic rings. The summed E-state index contributed by atoms with van der Waals surface area (Å²) in [5.74, 6) is 0.143. The van der Waals surface area contributed by atoms with Crippen LogP contribution in [0.15, 0.2) is 77.7 Å². The molecule has 3 N–H and O–H groups in total. The molecule has 9 nitrogen and oxygen atoms in total. The molecule has 0 radical (unpaired) electrons. The van der Waals surface area contributed by atoms with Crippen molar-refractivity contribution in [1.82, 2.24) is 10.0 Å². The molecular weight excluding hydrogens is 532 g/mol. The van der Waals surface area contributed by atoms with Gasteiger partial charge in [0.25, 0.3) is 0 Å². The van der Waals surface area contributed by atoms with Crippen molar-refractivity contribution in [2.75, 3.05) is 26.9 Å². The van der Waals surface area contributed by atoms with E-state index in [2.05, 4.69) is 10.0 Å². The number of sulfonamides is 1. The maximum atomic E-state index is 13.6. The second kappa shape index (κ2) is 12.4. The molecule has 0 spiro atoms. The maximum absolute atomic E-state index is 13.6. The average molecular weight is 567 g/mol. The fourth-order valence-corrected chi connectivity index (χ4v) is 6.34. The number of aliphatic hydroxyl groups is 1. The normalized spacial score (nSPS) is 19.4. The van der Waals surface area contributed by atoms with Crippen LogP contribution in [0.25, 0.3) is 0 Å². The Kier molecular flexibility index (Phi) is 8.70. The number of hydrogen-bond acceptors (Lipinski definition) is 7. The highest BCUT2D eigenvalue weighted by molar-refractivity contribution is 7.89. The van der Waals surface area contributed by atoms with Crippen LogP contribution in [-0.2, 0) is 32.4 Å². The number of aliphatic hydroxyl groups excluding tert-OH is 1. The molecule has 1 aliphatic carbocycles. The Morgan fingerprint density at radius 2 is 1.75 bits per heavy atom. The third kappa shape index (κ3) is 6.47. The van der Waals surface area contributed by atoms with Gasteiger partial charge in [-0.1, -0.05) is 54.6 Å². The Morgan fingerprint density at radius 3 is 2.52 bits per heavy atom. The molecule has 1 heterocycles. The molecule has 1 unspecified atom stereocenters. The number of fused-ring (bicyclic) bond motifs is 2. The van der Waals surface area contributed by atoms with E-state index in [4.69, 9.17) is 14.2 Å². The predicted octanol–water partition coefficient (Wildman–Crippen LogP) is 2.77. The van der Waals surface area contributed by atoms with E-state index in [-0.39, 0.29) is 23.8 Å². The number of carbonyl (C=O) groups excluding carboxylic acids is 1. The molecule has 5 rings (SSSR count). The van der Waals surface area contributed by atoms with Gasteiger partial charge in [0, 0.05) is 32.1 Å². The third-order valence-electron chi connectivity index (χ3n) is 7.40. The average Bonchev–Trinajstić information content (AvgIpc) is 3.29. The van der Waals surface area contributed by atoms with Gasteiger partial charge in [-0.25, -0.2) is 13.1 Å². The van der Waals surface area contributed by atoms with Gasteiger partial charge < -0.3 is 24.6 Å². The van der Waals surface area contributed by atoms with Gasteiger partial charge in [0.05, 0.1) is 23.1 Å². The summed E-state index contributed by atoms with van der Waals surface area (Å²) in [6.07, 6.45) is -0.105. The summed E-state index contributed by atoms with van der Waals surface area (Å²) in [4.78, 5) is 13.7. The Morgan fingerprint density at radius 1 is 1.02 bits per heavy atom. The topological polar surface area (TPSA) is 123 Å². The number of nitrogens with one attached hydrogen (secondary N) is 2. The van der Waals surface area contributed by atoms with Gasteiger partial charge in [-0.05, 0) is 41.7 Å². The summed E-state index contributed by atoms with van der Waals surface area (Å²) in [5.41, 5.74) is 2.90. The van der Waals surface area contributed by atoms with Crippen molar-refractivity contribution in [3.63, 3.8) is 0 Å². The van der Waals surface area contributed by atoms with Crippen LogP contribution in [0.5, 0.6) is 11.5 Å². The van der Waals surface area contributed by atoms with Gasteiger partial charge in [0.1, 0.15) is 13.2 Å². The van der Waals surface area contributed by atoms with Crippen LogP contribution in [-0.4, -0.2) is 58.5 Å². The fourth-order valence-electron chi connectivity index (χ4n) is 5.26. The third-order valence-corrected chi connectivity index (χ3v) is 8.82. The van der Waals surface area contributed by atoms with Crippen molar-refractivity contribution in [3.8, 4) is 11.5 Å². The Balaban J connectivity index is 1.29. The van der Waals surface area contributed by atoms with E-state index in [9.17, 15) is 18.3 Å². The smallest absolute Gasteiger partial charge is 0.240 e. The molecule has 0 saturated carbocycles. The van der Waals surface area contributed by atoms with Crippen molar-refractivity contribution < 1.29 is 32.5 Å². The van der Waals surface area contributed by atoms with Gasteiger partial charge in [-0.15, -0.1) is 0 Å². The number of ether oxygens (including phenoxy) is 3. The molecule has 212 valence electrons. The lowest BCUT2D eigenvalue weighted by molar-refractivity contribution is -0.127. The highest BCUT2D eigenvalue weighted by Crippen LogP contribution is 2.33. The maximum Gasteiger partial charge on any atom is 0.240 e. The Bertz CT molecular complexity index is 1430. The Hall–Kier alpha value is -3.44. The first-order valence-corrected chi connectivity index (χ1v) is 14.8. The second-order valence-electron chi connectivity index (χ2n) is 10.1. The van der Waals surface area contributed by atoms with Crippen molar-refractivity contribution >= 4 is 15.9 Å². The van der Waals surface area contributed by atoms with Crippen LogP contribution in [0.3, 0.4) is 0 Å². The standard InChI is InChI=1S/C30H34N2O7S/c1-37-23(19-31-40(35,36)24-11-12-27-28(18-24)39-14-13-38-27)16-22(15-20-7-3-2-4-8-20)30(34)32-29-25-10-6-5-9-21(25)17-26(29)33/h2-12,18,22-23,26,29,31,33H,13-17,19H2,1H3,(H,32,34)/t22-,23?,26+,29+/m1/s1. The first kappa shape index (κ1) is 28.1. The van der Waals surface area contributed by atoms with Gasteiger partial charge in [0.2, 0.25) is 15.9 Å². The molecule has 0 aromatic heterocycles. The fraction of sp³-hybridized carbons (Fsp3) is 0.367. The highest BCUT2D eigenvalue weighted by atomic mass is 32.2.